The lowest BCUT2D eigenvalue weighted by Crippen LogP contribution is -2.03. The standard InChI is InChI=1S/C25H16Cl2O2/c26-18-12-15-24(27)23(16-18)21-8-4-5-9-22(21)25(28)17-10-13-20(14-11-17)29-19-6-2-1-3-7-19/h1-16H. The van der Waals surface area contributed by atoms with Crippen LogP contribution in [0.15, 0.2) is 97.1 Å². The third-order valence-electron chi connectivity index (χ3n) is 4.49. The van der Waals surface area contributed by atoms with Gasteiger partial charge < -0.3 is 4.74 Å². The van der Waals surface area contributed by atoms with Gasteiger partial charge in [-0.25, -0.2) is 0 Å². The number of carbonyl (C=O) groups excluding carboxylic acids is 1. The molecule has 0 atom stereocenters. The molecule has 0 unspecified atom stereocenters. The molecule has 0 aliphatic carbocycles. The number of ether oxygens (including phenoxy) is 1. The molecule has 4 aromatic carbocycles. The number of ketones is 1. The van der Waals surface area contributed by atoms with Crippen LogP contribution in [0.3, 0.4) is 0 Å². The van der Waals surface area contributed by atoms with Crippen molar-refractivity contribution < 1.29 is 9.53 Å². The van der Waals surface area contributed by atoms with Crippen molar-refractivity contribution >= 4 is 29.0 Å². The molecule has 0 aromatic heterocycles. The third-order valence-corrected chi connectivity index (χ3v) is 5.05. The van der Waals surface area contributed by atoms with Crippen LogP contribution in [-0.2, 0) is 0 Å². The lowest BCUT2D eigenvalue weighted by Gasteiger charge is -2.12. The molecule has 0 saturated heterocycles. The van der Waals surface area contributed by atoms with E-state index in [9.17, 15) is 4.79 Å². The van der Waals surface area contributed by atoms with E-state index in [4.69, 9.17) is 27.9 Å². The molecule has 0 aliphatic heterocycles. The van der Waals surface area contributed by atoms with Crippen molar-refractivity contribution in [2.45, 2.75) is 0 Å². The molecule has 0 amide bonds. The molecule has 0 radical (unpaired) electrons. The van der Waals surface area contributed by atoms with Gasteiger partial charge in [0.05, 0.1) is 0 Å². The summed E-state index contributed by atoms with van der Waals surface area (Å²) < 4.78 is 5.80. The van der Waals surface area contributed by atoms with E-state index in [0.717, 1.165) is 16.9 Å². The SMILES string of the molecule is O=C(c1ccc(Oc2ccccc2)cc1)c1ccccc1-c1cc(Cl)ccc1Cl. The summed E-state index contributed by atoms with van der Waals surface area (Å²) in [4.78, 5) is 13.2. The van der Waals surface area contributed by atoms with Gasteiger partial charge in [-0.1, -0.05) is 65.7 Å². The Morgan fingerprint density at radius 2 is 1.31 bits per heavy atom. The maximum Gasteiger partial charge on any atom is 0.193 e. The van der Waals surface area contributed by atoms with Gasteiger partial charge in [-0.2, -0.15) is 0 Å². The first kappa shape index (κ1) is 19.3. The van der Waals surface area contributed by atoms with Gasteiger partial charge in [-0.05, 0) is 60.2 Å². The number of hydrogen-bond donors (Lipinski definition) is 0. The lowest BCUT2D eigenvalue weighted by molar-refractivity contribution is 0.103. The van der Waals surface area contributed by atoms with E-state index in [1.54, 1.807) is 48.5 Å². The second-order valence-electron chi connectivity index (χ2n) is 6.44. The zero-order valence-electron chi connectivity index (χ0n) is 15.3. The highest BCUT2D eigenvalue weighted by atomic mass is 35.5. The fraction of sp³-hybridized carbons (Fsp3) is 0. The Morgan fingerprint density at radius 3 is 2.07 bits per heavy atom. The third kappa shape index (κ3) is 4.34. The van der Waals surface area contributed by atoms with Gasteiger partial charge in [0.2, 0.25) is 0 Å². The maximum absolute atomic E-state index is 13.2. The zero-order valence-corrected chi connectivity index (χ0v) is 16.8. The lowest BCUT2D eigenvalue weighted by atomic mass is 9.94. The minimum atomic E-state index is -0.0945. The van der Waals surface area contributed by atoms with Crippen LogP contribution in [0, 0.1) is 0 Å². The number of halogens is 2. The molecule has 0 saturated carbocycles. The van der Waals surface area contributed by atoms with Crippen molar-refractivity contribution in [2.75, 3.05) is 0 Å². The van der Waals surface area contributed by atoms with Gasteiger partial charge in [-0.3, -0.25) is 4.79 Å². The minimum Gasteiger partial charge on any atom is -0.457 e. The summed E-state index contributed by atoms with van der Waals surface area (Å²) in [6.07, 6.45) is 0. The largest absolute Gasteiger partial charge is 0.457 e. The van der Waals surface area contributed by atoms with Crippen LogP contribution in [0.5, 0.6) is 11.5 Å². The number of para-hydroxylation sites is 1. The molecular formula is C25H16Cl2O2. The van der Waals surface area contributed by atoms with E-state index in [1.165, 1.54) is 0 Å². The van der Waals surface area contributed by atoms with E-state index < -0.39 is 0 Å². The quantitative estimate of drug-likeness (QED) is 0.310. The van der Waals surface area contributed by atoms with Crippen LogP contribution in [-0.4, -0.2) is 5.78 Å². The van der Waals surface area contributed by atoms with Gasteiger partial charge in [0.25, 0.3) is 0 Å². The summed E-state index contributed by atoms with van der Waals surface area (Å²) >= 11 is 12.5. The highest BCUT2D eigenvalue weighted by Gasteiger charge is 2.16. The first-order valence-corrected chi connectivity index (χ1v) is 9.79. The Morgan fingerprint density at radius 1 is 0.655 bits per heavy atom. The Bertz CT molecular complexity index is 1150. The fourth-order valence-corrected chi connectivity index (χ4v) is 3.47. The van der Waals surface area contributed by atoms with Gasteiger partial charge in [0.1, 0.15) is 11.5 Å². The van der Waals surface area contributed by atoms with Crippen molar-refractivity contribution in [3.63, 3.8) is 0 Å². The molecule has 0 N–H and O–H groups in total. The van der Waals surface area contributed by atoms with E-state index in [0.29, 0.717) is 26.9 Å². The van der Waals surface area contributed by atoms with E-state index in [1.807, 2.05) is 48.5 Å². The van der Waals surface area contributed by atoms with Crippen molar-refractivity contribution in [1.29, 1.82) is 0 Å². The van der Waals surface area contributed by atoms with Gasteiger partial charge in [-0.15, -0.1) is 0 Å². The summed E-state index contributed by atoms with van der Waals surface area (Å²) in [6.45, 7) is 0. The smallest absolute Gasteiger partial charge is 0.193 e. The summed E-state index contributed by atoms with van der Waals surface area (Å²) in [5, 5.41) is 1.11. The average molecular weight is 419 g/mol. The predicted octanol–water partition coefficient (Wildman–Crippen LogP) is 7.68. The predicted molar refractivity (Wildman–Crippen MR) is 118 cm³/mol. The maximum atomic E-state index is 13.2. The molecule has 0 heterocycles. The number of rotatable bonds is 5. The van der Waals surface area contributed by atoms with Crippen molar-refractivity contribution in [2.24, 2.45) is 0 Å². The molecule has 4 aromatic rings. The summed E-state index contributed by atoms with van der Waals surface area (Å²) in [5.41, 5.74) is 2.60. The van der Waals surface area contributed by atoms with E-state index in [-0.39, 0.29) is 5.78 Å². The summed E-state index contributed by atoms with van der Waals surface area (Å²) in [6, 6.07) is 29.2. The summed E-state index contributed by atoms with van der Waals surface area (Å²) in [5.74, 6) is 1.31. The Hall–Kier alpha value is -3.07. The normalized spacial score (nSPS) is 10.6. The Labute approximate surface area is 179 Å². The summed E-state index contributed by atoms with van der Waals surface area (Å²) in [7, 11) is 0. The Balaban J connectivity index is 1.64. The molecule has 0 bridgehead atoms. The molecule has 4 heteroatoms. The first-order chi connectivity index (χ1) is 14.1. The Kier molecular flexibility index (Phi) is 5.66. The molecule has 0 aliphatic rings. The monoisotopic (exact) mass is 418 g/mol. The van der Waals surface area contributed by atoms with Crippen molar-refractivity contribution in [3.05, 3.63) is 118 Å². The zero-order chi connectivity index (χ0) is 20.2. The number of carbonyl (C=O) groups is 1. The number of benzene rings is 4. The van der Waals surface area contributed by atoms with Gasteiger partial charge >= 0.3 is 0 Å². The minimum absolute atomic E-state index is 0.0945. The van der Waals surface area contributed by atoms with Crippen LogP contribution in [0.1, 0.15) is 15.9 Å². The molecule has 29 heavy (non-hydrogen) atoms. The number of hydrogen-bond acceptors (Lipinski definition) is 2. The molecule has 0 spiro atoms. The van der Waals surface area contributed by atoms with Gasteiger partial charge in [0, 0.05) is 26.7 Å². The fourth-order valence-electron chi connectivity index (χ4n) is 3.07. The molecule has 2 nitrogen and oxygen atoms in total. The average Bonchev–Trinajstić information content (AvgIpc) is 2.76. The molecule has 4 rings (SSSR count). The highest BCUT2D eigenvalue weighted by molar-refractivity contribution is 6.35. The molecule has 142 valence electrons. The second kappa shape index (κ2) is 8.52. The van der Waals surface area contributed by atoms with E-state index >= 15 is 0 Å². The van der Waals surface area contributed by atoms with Crippen LogP contribution < -0.4 is 4.74 Å². The van der Waals surface area contributed by atoms with Crippen LogP contribution in [0.2, 0.25) is 10.0 Å². The molecular weight excluding hydrogens is 403 g/mol. The molecule has 0 fully saturated rings. The van der Waals surface area contributed by atoms with Crippen LogP contribution in [0.25, 0.3) is 11.1 Å². The second-order valence-corrected chi connectivity index (χ2v) is 7.28. The first-order valence-electron chi connectivity index (χ1n) is 9.04. The van der Waals surface area contributed by atoms with Crippen molar-refractivity contribution in [1.82, 2.24) is 0 Å². The topological polar surface area (TPSA) is 26.3 Å². The van der Waals surface area contributed by atoms with Gasteiger partial charge in [0.15, 0.2) is 5.78 Å². The van der Waals surface area contributed by atoms with Crippen LogP contribution >= 0.6 is 23.2 Å². The highest BCUT2D eigenvalue weighted by Crippen LogP contribution is 2.34. The van der Waals surface area contributed by atoms with Crippen molar-refractivity contribution in [3.8, 4) is 22.6 Å². The van der Waals surface area contributed by atoms with Crippen LogP contribution in [0.4, 0.5) is 0 Å². The van der Waals surface area contributed by atoms with E-state index in [2.05, 4.69) is 0 Å².